The molecule has 2 aromatic rings. The molecule has 2 N–H and O–H groups in total. The Morgan fingerprint density at radius 2 is 1.89 bits per heavy atom. The Labute approximate surface area is 167 Å². The molecule has 28 heavy (non-hydrogen) atoms. The number of benzene rings is 2. The second-order valence-corrected chi connectivity index (χ2v) is 7.48. The van der Waals surface area contributed by atoms with Crippen molar-refractivity contribution in [3.05, 3.63) is 59.7 Å². The molecule has 1 unspecified atom stereocenters. The number of likely N-dealkylation sites (tertiary alicyclic amines) is 1. The summed E-state index contributed by atoms with van der Waals surface area (Å²) < 4.78 is 0. The van der Waals surface area contributed by atoms with Gasteiger partial charge in [-0.1, -0.05) is 43.3 Å². The molecule has 1 heterocycles. The summed E-state index contributed by atoms with van der Waals surface area (Å²) >= 11 is 0. The van der Waals surface area contributed by atoms with Crippen LogP contribution in [0.2, 0.25) is 0 Å². The first-order valence-electron chi connectivity index (χ1n) is 10.0. The molecule has 2 amide bonds. The van der Waals surface area contributed by atoms with Crippen LogP contribution < -0.4 is 10.6 Å². The van der Waals surface area contributed by atoms with Gasteiger partial charge in [-0.3, -0.25) is 14.5 Å². The van der Waals surface area contributed by atoms with Crippen molar-refractivity contribution in [1.29, 1.82) is 0 Å². The van der Waals surface area contributed by atoms with E-state index in [0.717, 1.165) is 43.7 Å². The average Bonchev–Trinajstić information content (AvgIpc) is 2.71. The first kappa shape index (κ1) is 20.1. The van der Waals surface area contributed by atoms with Crippen LogP contribution in [0.5, 0.6) is 0 Å². The number of nitrogens with one attached hydrogen (secondary N) is 2. The third kappa shape index (κ3) is 5.42. The zero-order valence-corrected chi connectivity index (χ0v) is 16.7. The number of aryl methyl sites for hydroxylation is 1. The molecule has 1 saturated heterocycles. The van der Waals surface area contributed by atoms with Crippen LogP contribution in [0, 0.1) is 12.8 Å². The zero-order chi connectivity index (χ0) is 19.9. The maximum absolute atomic E-state index is 12.9. The lowest BCUT2D eigenvalue weighted by atomic mass is 9.96. The van der Waals surface area contributed by atoms with E-state index in [1.54, 1.807) is 0 Å². The number of rotatable bonds is 6. The number of nitrogens with zero attached hydrogens (tertiary/aromatic N) is 1. The van der Waals surface area contributed by atoms with Gasteiger partial charge < -0.3 is 10.6 Å². The van der Waals surface area contributed by atoms with Gasteiger partial charge in [-0.15, -0.1) is 0 Å². The van der Waals surface area contributed by atoms with Gasteiger partial charge in [0.25, 0.3) is 0 Å². The third-order valence-corrected chi connectivity index (χ3v) is 5.23. The lowest BCUT2D eigenvalue weighted by Gasteiger charge is -2.32. The van der Waals surface area contributed by atoms with E-state index in [2.05, 4.69) is 39.8 Å². The van der Waals surface area contributed by atoms with Crippen LogP contribution in [0.25, 0.3) is 0 Å². The molecule has 2 aromatic carbocycles. The summed E-state index contributed by atoms with van der Waals surface area (Å²) in [6, 6.07) is 16.0. The number of carbonyl (C=O) groups excluding carboxylic acids is 2. The minimum atomic E-state index is -0.0371. The fourth-order valence-electron chi connectivity index (χ4n) is 3.57. The van der Waals surface area contributed by atoms with Crippen LogP contribution in [0.3, 0.4) is 0 Å². The quantitative estimate of drug-likeness (QED) is 0.791. The summed E-state index contributed by atoms with van der Waals surface area (Å²) in [4.78, 5) is 26.9. The van der Waals surface area contributed by atoms with E-state index in [1.165, 1.54) is 5.56 Å². The highest BCUT2D eigenvalue weighted by atomic mass is 16.2. The Balaban J connectivity index is 1.62. The van der Waals surface area contributed by atoms with Crippen LogP contribution in [0.4, 0.5) is 11.4 Å². The molecule has 0 radical (unpaired) electrons. The van der Waals surface area contributed by atoms with E-state index in [4.69, 9.17) is 0 Å². The summed E-state index contributed by atoms with van der Waals surface area (Å²) in [5.74, 6) is -0.00413. The molecule has 3 rings (SSSR count). The molecule has 1 aliphatic heterocycles. The van der Waals surface area contributed by atoms with Gasteiger partial charge in [-0.25, -0.2) is 0 Å². The molecule has 0 bridgehead atoms. The zero-order valence-electron chi connectivity index (χ0n) is 16.7. The molecular formula is C23H29N3O2. The van der Waals surface area contributed by atoms with Gasteiger partial charge in [0.05, 0.1) is 5.92 Å². The van der Waals surface area contributed by atoms with Gasteiger partial charge in [0.15, 0.2) is 0 Å². The van der Waals surface area contributed by atoms with Crippen molar-refractivity contribution < 1.29 is 9.59 Å². The SMILES string of the molecule is CCC(=O)Nc1ccc(C)c(NC(=O)C2CCCN(Cc3ccccc3)C2)c1. The second-order valence-electron chi connectivity index (χ2n) is 7.48. The fraction of sp³-hybridized carbons (Fsp3) is 0.391. The van der Waals surface area contributed by atoms with E-state index in [9.17, 15) is 9.59 Å². The largest absolute Gasteiger partial charge is 0.326 e. The maximum atomic E-state index is 12.9. The van der Waals surface area contributed by atoms with E-state index < -0.39 is 0 Å². The molecule has 5 heteroatoms. The second kappa shape index (κ2) is 9.51. The Morgan fingerprint density at radius 1 is 1.11 bits per heavy atom. The standard InChI is InChI=1S/C23H29N3O2/c1-3-22(27)24-20-12-11-17(2)21(14-20)25-23(28)19-10-7-13-26(16-19)15-18-8-5-4-6-9-18/h4-6,8-9,11-12,14,19H,3,7,10,13,15-16H2,1-2H3,(H,24,27)(H,25,28). The number of piperidine rings is 1. The van der Waals surface area contributed by atoms with Crippen LogP contribution >= 0.6 is 0 Å². The van der Waals surface area contributed by atoms with Crippen LogP contribution in [0.15, 0.2) is 48.5 Å². The molecule has 0 saturated carbocycles. The van der Waals surface area contributed by atoms with Crippen molar-refractivity contribution in [2.75, 3.05) is 23.7 Å². The summed E-state index contributed by atoms with van der Waals surface area (Å²) in [6.45, 7) is 6.45. The highest BCUT2D eigenvalue weighted by Gasteiger charge is 2.26. The molecule has 1 fully saturated rings. The summed E-state index contributed by atoms with van der Waals surface area (Å²) in [5.41, 5.74) is 3.74. The molecular weight excluding hydrogens is 350 g/mol. The molecule has 1 aliphatic rings. The van der Waals surface area contributed by atoms with E-state index in [-0.39, 0.29) is 17.7 Å². The molecule has 148 valence electrons. The van der Waals surface area contributed by atoms with Gasteiger partial charge in [0.2, 0.25) is 11.8 Å². The average molecular weight is 380 g/mol. The Kier molecular flexibility index (Phi) is 6.82. The molecule has 0 spiro atoms. The van der Waals surface area contributed by atoms with E-state index in [0.29, 0.717) is 12.1 Å². The molecule has 1 atom stereocenters. The van der Waals surface area contributed by atoms with Crippen molar-refractivity contribution in [3.63, 3.8) is 0 Å². The predicted molar refractivity (Wildman–Crippen MR) is 113 cm³/mol. The minimum absolute atomic E-state index is 0.0225. The number of anilines is 2. The number of amides is 2. The minimum Gasteiger partial charge on any atom is -0.326 e. The van der Waals surface area contributed by atoms with Gasteiger partial charge in [0.1, 0.15) is 0 Å². The topological polar surface area (TPSA) is 61.4 Å². The maximum Gasteiger partial charge on any atom is 0.228 e. The third-order valence-electron chi connectivity index (χ3n) is 5.23. The summed E-state index contributed by atoms with van der Waals surface area (Å²) in [5, 5.41) is 5.93. The normalized spacial score (nSPS) is 17.1. The van der Waals surface area contributed by atoms with Gasteiger partial charge in [-0.2, -0.15) is 0 Å². The van der Waals surface area contributed by atoms with Gasteiger partial charge in [-0.05, 0) is 49.6 Å². The highest BCUT2D eigenvalue weighted by Crippen LogP contribution is 2.24. The monoisotopic (exact) mass is 379 g/mol. The van der Waals surface area contributed by atoms with Crippen molar-refractivity contribution in [3.8, 4) is 0 Å². The Bertz CT molecular complexity index is 820. The lowest BCUT2D eigenvalue weighted by molar-refractivity contribution is -0.121. The van der Waals surface area contributed by atoms with Gasteiger partial charge in [0, 0.05) is 30.9 Å². The fourth-order valence-corrected chi connectivity index (χ4v) is 3.57. The Morgan fingerprint density at radius 3 is 2.64 bits per heavy atom. The first-order valence-corrected chi connectivity index (χ1v) is 10.0. The number of hydrogen-bond acceptors (Lipinski definition) is 3. The van der Waals surface area contributed by atoms with Crippen molar-refractivity contribution in [1.82, 2.24) is 4.90 Å². The van der Waals surface area contributed by atoms with Crippen molar-refractivity contribution in [2.24, 2.45) is 5.92 Å². The summed E-state index contributed by atoms with van der Waals surface area (Å²) in [6.07, 6.45) is 2.35. The van der Waals surface area contributed by atoms with Crippen LogP contribution in [-0.4, -0.2) is 29.8 Å². The smallest absolute Gasteiger partial charge is 0.228 e. The number of carbonyl (C=O) groups is 2. The van der Waals surface area contributed by atoms with Crippen LogP contribution in [-0.2, 0) is 16.1 Å². The highest BCUT2D eigenvalue weighted by molar-refractivity contribution is 5.95. The lowest BCUT2D eigenvalue weighted by Crippen LogP contribution is -2.40. The van der Waals surface area contributed by atoms with E-state index >= 15 is 0 Å². The van der Waals surface area contributed by atoms with Gasteiger partial charge >= 0.3 is 0 Å². The summed E-state index contributed by atoms with van der Waals surface area (Å²) in [7, 11) is 0. The van der Waals surface area contributed by atoms with Crippen LogP contribution in [0.1, 0.15) is 37.3 Å². The van der Waals surface area contributed by atoms with Crippen molar-refractivity contribution >= 4 is 23.2 Å². The predicted octanol–water partition coefficient (Wildman–Crippen LogP) is 4.19. The molecule has 0 aliphatic carbocycles. The number of hydrogen-bond donors (Lipinski definition) is 2. The van der Waals surface area contributed by atoms with Crippen molar-refractivity contribution in [2.45, 2.75) is 39.7 Å². The molecule has 0 aromatic heterocycles. The Hall–Kier alpha value is -2.66. The van der Waals surface area contributed by atoms with E-state index in [1.807, 2.05) is 38.1 Å². The molecule has 5 nitrogen and oxygen atoms in total. The first-order chi connectivity index (χ1) is 13.5.